The average Bonchev–Trinajstić information content (AvgIpc) is 1.76. The smallest absolute Gasteiger partial charge is 0.305 e. The van der Waals surface area contributed by atoms with E-state index in [1.807, 2.05) is 32.0 Å². The molecule has 1 aromatic heterocycles. The molecular weight excluding hydrogens is 1330 g/mol. The number of hydrogen-bond acceptors (Lipinski definition) is 16. The first-order chi connectivity index (χ1) is 48.5. The highest BCUT2D eigenvalue weighted by Gasteiger charge is 2.44. The van der Waals surface area contributed by atoms with Gasteiger partial charge in [-0.3, -0.25) is 67.5 Å². The number of para-hydroxylation sites is 1. The second kappa shape index (κ2) is 38.0. The Kier molecular flexibility index (Phi) is 30.3. The van der Waals surface area contributed by atoms with Crippen molar-refractivity contribution in [2.75, 3.05) is 26.7 Å². The minimum Gasteiger partial charge on any atom is -0.511 e. The molecule has 6 rings (SSSR count). The standard InChI is InChI=1S/C73H107N15O15/c1-39(2)31-50-64(96)83-52(34-45-38-78-47-24-16-15-23-46(45)47)71(103)88-30-20-27-54(88)66(98)86-61(43(8)89)69(101)84-53(35-58(92)93)70(102)87(11)55(32-40(3)4)67(99)82-51(33-44-21-13-12-14-22-44)65(97)79-48(25-17-18-28-76-42(7)59-56(90)36-73(9,10)37-57(59)91)63(95)85-60(41(5)6)68(100)80-49(62(94)81-50)26-19-29-77-72(74)75/h12-16,21-24,38-41,43,48-55,60-61,78,89-90H,17-20,25-37H2,1-11H3,(H,79,97)(H,80,100)(H,81,94)(H,82,99)(H,83,96)(H,84,101)(H,85,95)(H,86,98)(H,92,93)(H4,74,75,77)/t43-,48+,49+,50+,51-,52-,53+,54+,55+,60+,61+/m1/s1. The van der Waals surface area contributed by atoms with Gasteiger partial charge in [-0.15, -0.1) is 0 Å². The topological polar surface area (TPSA) is 461 Å². The Morgan fingerprint density at radius 2 is 1.17 bits per heavy atom. The van der Waals surface area contributed by atoms with E-state index in [0.29, 0.717) is 27.7 Å². The lowest BCUT2D eigenvalue weighted by Crippen LogP contribution is -2.63. The number of aliphatic imine (C=N–C) groups is 2. The van der Waals surface area contributed by atoms with E-state index in [1.54, 1.807) is 91.1 Å². The van der Waals surface area contributed by atoms with E-state index in [-0.39, 0.29) is 138 Å². The van der Waals surface area contributed by atoms with E-state index in [4.69, 9.17) is 11.5 Å². The summed E-state index contributed by atoms with van der Waals surface area (Å²) in [5, 5.41) is 54.8. The van der Waals surface area contributed by atoms with Crippen LogP contribution in [0.5, 0.6) is 0 Å². The zero-order chi connectivity index (χ0) is 76.2. The summed E-state index contributed by atoms with van der Waals surface area (Å²) in [4.78, 5) is 189. The second-order valence-electron chi connectivity index (χ2n) is 29.3. The number of nitrogens with zero attached hydrogens (tertiary/aromatic N) is 4. The number of aromatic nitrogens is 1. The SMILES string of the molecule is CC(=NCCCC[C@@H]1NC(=O)[C@@H](Cc2ccccc2)NC(=O)[C@H](CC(C)C)N(C)C(=O)[C@H](CC(=O)O)NC(=O)[C@H]([C@@H](C)O)NC(=O)[C@@H]2CCCN2C(=O)[C@@H](Cc2c[nH]c3ccccc23)NC(=O)[C@H](CC(C)C)NC(=O)[C@H](CCCN=C(N)N)NC(=O)[C@H](C(C)C)NC1=O)C1=C(O)CC(C)(C)CC1=O. The molecule has 16 N–H and O–H groups in total. The number of fused-ring (bicyclic) bond motifs is 2. The number of aliphatic carboxylic acids is 1. The molecule has 30 heteroatoms. The van der Waals surface area contributed by atoms with Gasteiger partial charge in [-0.1, -0.05) is 104 Å². The first-order valence-corrected chi connectivity index (χ1v) is 35.6. The van der Waals surface area contributed by atoms with E-state index >= 15 is 24.0 Å². The molecule has 564 valence electrons. The summed E-state index contributed by atoms with van der Waals surface area (Å²) in [6.07, 6.45) is -0.289. The number of unbranched alkanes of at least 4 members (excludes halogenated alkanes) is 1. The zero-order valence-electron chi connectivity index (χ0n) is 61.1. The van der Waals surface area contributed by atoms with Crippen LogP contribution < -0.4 is 54.0 Å². The van der Waals surface area contributed by atoms with Gasteiger partial charge in [-0.05, 0) is 112 Å². The number of nitrogens with two attached hydrogens (primary N) is 2. The molecule has 2 saturated heterocycles. The number of likely N-dealkylation sites (N-methyl/N-ethyl adjacent to an activating group) is 1. The number of Topliss-reactive ketones (excluding diaryl/α,β-unsaturated/α-hetero) is 1. The molecule has 3 heterocycles. The molecule has 0 spiro atoms. The average molecular weight is 1430 g/mol. The van der Waals surface area contributed by atoms with Crippen LogP contribution in [-0.2, 0) is 70.4 Å². The largest absolute Gasteiger partial charge is 0.511 e. The van der Waals surface area contributed by atoms with Gasteiger partial charge in [0.1, 0.15) is 66.2 Å². The lowest BCUT2D eigenvalue weighted by Gasteiger charge is -2.34. The molecule has 3 aliphatic rings. The number of amides is 10. The van der Waals surface area contributed by atoms with Crippen LogP contribution in [-0.4, -0.2) is 206 Å². The van der Waals surface area contributed by atoms with Crippen LogP contribution in [0.4, 0.5) is 0 Å². The first-order valence-electron chi connectivity index (χ1n) is 35.6. The summed E-state index contributed by atoms with van der Waals surface area (Å²) in [5.74, 6) is -12.5. The molecule has 0 bridgehead atoms. The highest BCUT2D eigenvalue weighted by atomic mass is 16.4. The lowest BCUT2D eigenvalue weighted by atomic mass is 9.76. The highest BCUT2D eigenvalue weighted by Crippen LogP contribution is 2.36. The summed E-state index contributed by atoms with van der Waals surface area (Å²) >= 11 is 0. The number of carbonyl (C=O) groups is 12. The number of carboxylic acid groups (broad SMARTS) is 1. The third kappa shape index (κ3) is 23.9. The number of aliphatic hydroxyl groups is 2. The maximum Gasteiger partial charge on any atom is 0.305 e. The molecule has 1 aliphatic carbocycles. The van der Waals surface area contributed by atoms with Crippen molar-refractivity contribution >= 4 is 93.4 Å². The van der Waals surface area contributed by atoms with Gasteiger partial charge in [0, 0.05) is 75.2 Å². The van der Waals surface area contributed by atoms with Crippen LogP contribution >= 0.6 is 0 Å². The molecule has 2 aliphatic heterocycles. The van der Waals surface area contributed by atoms with Gasteiger partial charge in [-0.25, -0.2) is 0 Å². The van der Waals surface area contributed by atoms with Gasteiger partial charge >= 0.3 is 5.97 Å². The molecule has 0 saturated carbocycles. The number of H-pyrrole nitrogens is 1. The van der Waals surface area contributed by atoms with Gasteiger partial charge in [0.15, 0.2) is 11.7 Å². The third-order valence-electron chi connectivity index (χ3n) is 18.6. The van der Waals surface area contributed by atoms with Gasteiger partial charge in [0.2, 0.25) is 59.1 Å². The fourth-order valence-corrected chi connectivity index (χ4v) is 13.2. The maximum absolute atomic E-state index is 15.3. The zero-order valence-corrected chi connectivity index (χ0v) is 61.1. The predicted octanol–water partition coefficient (Wildman–Crippen LogP) is 2.15. The maximum atomic E-state index is 15.3. The summed E-state index contributed by atoms with van der Waals surface area (Å²) in [6.45, 7) is 17.1. The van der Waals surface area contributed by atoms with E-state index in [9.17, 15) is 48.9 Å². The molecule has 11 atom stereocenters. The number of hydrogen-bond donors (Lipinski definition) is 14. The van der Waals surface area contributed by atoms with Crippen molar-refractivity contribution in [3.05, 3.63) is 83.3 Å². The Balaban J connectivity index is 1.46. The van der Waals surface area contributed by atoms with Crippen LogP contribution in [0.2, 0.25) is 0 Å². The molecule has 3 aromatic rings. The van der Waals surface area contributed by atoms with E-state index < -0.39 is 149 Å². The van der Waals surface area contributed by atoms with E-state index in [2.05, 4.69) is 57.5 Å². The van der Waals surface area contributed by atoms with Crippen molar-refractivity contribution in [1.29, 1.82) is 0 Å². The molecule has 103 heavy (non-hydrogen) atoms. The van der Waals surface area contributed by atoms with Crippen LogP contribution in [0.3, 0.4) is 0 Å². The number of guanidine groups is 1. The lowest BCUT2D eigenvalue weighted by molar-refractivity contribution is -0.147. The van der Waals surface area contributed by atoms with Gasteiger partial charge < -0.3 is 84.1 Å². The minimum absolute atomic E-state index is 0.00494. The first kappa shape index (κ1) is 82.2. The quantitative estimate of drug-likeness (QED) is 0.0389. The van der Waals surface area contributed by atoms with Gasteiger partial charge in [-0.2, -0.15) is 0 Å². The summed E-state index contributed by atoms with van der Waals surface area (Å²) in [7, 11) is 1.21. The fourth-order valence-electron chi connectivity index (χ4n) is 13.2. The Morgan fingerprint density at radius 3 is 1.80 bits per heavy atom. The van der Waals surface area contributed by atoms with Crippen molar-refractivity contribution < 1.29 is 72.9 Å². The van der Waals surface area contributed by atoms with Crippen LogP contribution in [0.15, 0.2) is 82.1 Å². The number of carboxylic acids is 1. The number of aliphatic hydroxyl groups excluding tert-OH is 2. The van der Waals surface area contributed by atoms with Gasteiger partial charge in [0.25, 0.3) is 0 Å². The van der Waals surface area contributed by atoms with Crippen LogP contribution in [0, 0.1) is 23.2 Å². The van der Waals surface area contributed by atoms with Crippen LogP contribution in [0.25, 0.3) is 10.9 Å². The molecule has 2 aromatic carbocycles. The molecule has 0 radical (unpaired) electrons. The predicted molar refractivity (Wildman–Crippen MR) is 386 cm³/mol. The number of carbonyl (C=O) groups excluding carboxylic acids is 11. The summed E-state index contributed by atoms with van der Waals surface area (Å²) < 4.78 is 0. The molecule has 30 nitrogen and oxygen atoms in total. The number of allylic oxidation sites excluding steroid dienone is 2. The normalized spacial score (nSPS) is 24.9. The number of benzene rings is 2. The Labute approximate surface area is 601 Å². The number of aromatic amines is 1. The van der Waals surface area contributed by atoms with Crippen molar-refractivity contribution in [2.24, 2.45) is 44.6 Å². The molecular formula is C73H107N15O15. The number of ketones is 1. The monoisotopic (exact) mass is 1430 g/mol. The van der Waals surface area contributed by atoms with Crippen molar-refractivity contribution in [3.8, 4) is 0 Å². The summed E-state index contributed by atoms with van der Waals surface area (Å²) in [6, 6.07) is 0.615. The molecule has 10 amide bonds. The number of nitrogens with one attached hydrogen (secondary N) is 9. The van der Waals surface area contributed by atoms with Crippen molar-refractivity contribution in [2.45, 2.75) is 226 Å². The van der Waals surface area contributed by atoms with Crippen LogP contribution in [0.1, 0.15) is 157 Å². The van der Waals surface area contributed by atoms with E-state index in [0.717, 1.165) is 4.90 Å². The summed E-state index contributed by atoms with van der Waals surface area (Å²) in [5.41, 5.74) is 13.2. The molecule has 2 fully saturated rings. The third-order valence-corrected chi connectivity index (χ3v) is 18.6. The fraction of sp³-hybridized carbons (Fsp3) is 0.589. The Hall–Kier alpha value is -9.74. The van der Waals surface area contributed by atoms with E-state index in [1.165, 1.54) is 18.9 Å². The number of rotatable bonds is 22. The van der Waals surface area contributed by atoms with Gasteiger partial charge in [0.05, 0.1) is 18.1 Å². The van der Waals surface area contributed by atoms with Crippen molar-refractivity contribution in [3.63, 3.8) is 0 Å². The Bertz CT molecular complexity index is 3640. The highest BCUT2D eigenvalue weighted by molar-refractivity contribution is 6.22. The second-order valence-corrected chi connectivity index (χ2v) is 29.3. The Morgan fingerprint density at radius 1 is 0.612 bits per heavy atom. The van der Waals surface area contributed by atoms with Crippen molar-refractivity contribution in [1.82, 2.24) is 57.3 Å². The minimum atomic E-state index is -1.93. The molecule has 0 unspecified atom stereocenters.